The van der Waals surface area contributed by atoms with E-state index in [0.717, 1.165) is 9.80 Å². The first-order valence-corrected chi connectivity index (χ1v) is 10.6. The summed E-state index contributed by atoms with van der Waals surface area (Å²) in [5, 5.41) is 3.01. The van der Waals surface area contributed by atoms with Crippen molar-refractivity contribution in [1.82, 2.24) is 0 Å². The SMILES string of the molecule is CC(=O)Nc1ccc(C2=C(Sc3ccccc3)C(=O)N(c3ccccc3Cl)C2=O)cc1. The summed E-state index contributed by atoms with van der Waals surface area (Å²) < 4.78 is 0. The van der Waals surface area contributed by atoms with Crippen LogP contribution in [0.25, 0.3) is 5.57 Å². The lowest BCUT2D eigenvalue weighted by Gasteiger charge is -2.16. The molecule has 1 aliphatic heterocycles. The molecule has 0 fully saturated rings. The standard InChI is InChI=1S/C24H17ClN2O3S/c1-15(28)26-17-13-11-16(12-14-17)21-22(31-18-7-3-2-4-8-18)24(30)27(23(21)29)20-10-6-5-9-19(20)25/h2-14H,1H3,(H,26,28). The van der Waals surface area contributed by atoms with Crippen LogP contribution in [0, 0.1) is 0 Å². The third-order valence-electron chi connectivity index (χ3n) is 4.59. The number of nitrogens with one attached hydrogen (secondary N) is 1. The number of halogens is 1. The predicted octanol–water partition coefficient (Wildman–Crippen LogP) is 5.38. The minimum absolute atomic E-state index is 0.190. The number of para-hydroxylation sites is 1. The van der Waals surface area contributed by atoms with Crippen LogP contribution in [0.3, 0.4) is 0 Å². The number of hydrogen-bond donors (Lipinski definition) is 1. The Kier molecular flexibility index (Phi) is 5.93. The van der Waals surface area contributed by atoms with Gasteiger partial charge in [0.1, 0.15) is 0 Å². The normalized spacial score (nSPS) is 13.7. The lowest BCUT2D eigenvalue weighted by Crippen LogP contribution is -2.31. The molecule has 0 unspecified atom stereocenters. The summed E-state index contributed by atoms with van der Waals surface area (Å²) in [5.74, 6) is -1.05. The van der Waals surface area contributed by atoms with E-state index < -0.39 is 11.8 Å². The predicted molar refractivity (Wildman–Crippen MR) is 124 cm³/mol. The van der Waals surface area contributed by atoms with Crippen LogP contribution in [0.15, 0.2) is 88.7 Å². The molecule has 0 saturated carbocycles. The Bertz CT molecular complexity index is 1210. The van der Waals surface area contributed by atoms with Crippen molar-refractivity contribution in [2.75, 3.05) is 10.2 Å². The van der Waals surface area contributed by atoms with Crippen LogP contribution in [-0.2, 0) is 14.4 Å². The average molecular weight is 449 g/mol. The molecule has 1 N–H and O–H groups in total. The van der Waals surface area contributed by atoms with E-state index >= 15 is 0 Å². The second-order valence-corrected chi connectivity index (χ2v) is 8.27. The quantitative estimate of drug-likeness (QED) is 0.532. The summed E-state index contributed by atoms with van der Waals surface area (Å²) in [7, 11) is 0. The highest BCUT2D eigenvalue weighted by Crippen LogP contribution is 2.42. The monoisotopic (exact) mass is 448 g/mol. The lowest BCUT2D eigenvalue weighted by molar-refractivity contribution is -0.120. The number of thioether (sulfide) groups is 1. The number of nitrogens with zero attached hydrogens (tertiary/aromatic N) is 1. The van der Waals surface area contributed by atoms with Crippen molar-refractivity contribution in [2.45, 2.75) is 11.8 Å². The first kappa shape index (κ1) is 20.9. The topological polar surface area (TPSA) is 66.5 Å². The number of benzene rings is 3. The van der Waals surface area contributed by atoms with Gasteiger partial charge in [0, 0.05) is 17.5 Å². The van der Waals surface area contributed by atoms with Gasteiger partial charge in [0.15, 0.2) is 0 Å². The molecule has 0 aromatic heterocycles. The van der Waals surface area contributed by atoms with E-state index in [1.54, 1.807) is 48.5 Å². The Hall–Kier alpha value is -3.35. The maximum atomic E-state index is 13.4. The molecule has 7 heteroatoms. The van der Waals surface area contributed by atoms with Gasteiger partial charge < -0.3 is 5.32 Å². The Morgan fingerprint density at radius 3 is 2.16 bits per heavy atom. The van der Waals surface area contributed by atoms with Gasteiger partial charge in [0.05, 0.1) is 21.2 Å². The lowest BCUT2D eigenvalue weighted by atomic mass is 10.1. The Morgan fingerprint density at radius 2 is 1.52 bits per heavy atom. The van der Waals surface area contributed by atoms with Crippen LogP contribution in [0.4, 0.5) is 11.4 Å². The molecule has 4 rings (SSSR count). The molecule has 3 aromatic rings. The Morgan fingerprint density at radius 1 is 0.871 bits per heavy atom. The molecule has 0 aliphatic carbocycles. The zero-order chi connectivity index (χ0) is 22.0. The first-order chi connectivity index (χ1) is 15.0. The maximum Gasteiger partial charge on any atom is 0.272 e. The molecule has 0 radical (unpaired) electrons. The van der Waals surface area contributed by atoms with Gasteiger partial charge in [0.2, 0.25) is 5.91 Å². The molecule has 0 bridgehead atoms. The molecule has 5 nitrogen and oxygen atoms in total. The van der Waals surface area contributed by atoms with Crippen LogP contribution < -0.4 is 10.2 Å². The third kappa shape index (κ3) is 4.26. The van der Waals surface area contributed by atoms with Gasteiger partial charge in [-0.3, -0.25) is 14.4 Å². The summed E-state index contributed by atoms with van der Waals surface area (Å²) >= 11 is 7.53. The summed E-state index contributed by atoms with van der Waals surface area (Å²) in [6.45, 7) is 1.42. The number of amides is 3. The number of anilines is 2. The van der Waals surface area contributed by atoms with E-state index in [1.165, 1.54) is 18.7 Å². The van der Waals surface area contributed by atoms with Gasteiger partial charge in [-0.15, -0.1) is 0 Å². The number of carbonyl (C=O) groups excluding carboxylic acids is 3. The molecular weight excluding hydrogens is 432 g/mol. The molecule has 3 aromatic carbocycles. The van der Waals surface area contributed by atoms with Crippen molar-refractivity contribution in [1.29, 1.82) is 0 Å². The third-order valence-corrected chi connectivity index (χ3v) is 6.00. The maximum absolute atomic E-state index is 13.4. The van der Waals surface area contributed by atoms with Gasteiger partial charge in [-0.25, -0.2) is 4.90 Å². The molecular formula is C24H17ClN2O3S. The number of carbonyl (C=O) groups is 3. The van der Waals surface area contributed by atoms with E-state index in [9.17, 15) is 14.4 Å². The van der Waals surface area contributed by atoms with E-state index in [-0.39, 0.29) is 5.91 Å². The molecule has 0 atom stereocenters. The smallest absolute Gasteiger partial charge is 0.272 e. The summed E-state index contributed by atoms with van der Waals surface area (Å²) in [4.78, 5) is 40.4. The molecule has 31 heavy (non-hydrogen) atoms. The molecule has 154 valence electrons. The van der Waals surface area contributed by atoms with Gasteiger partial charge in [-0.1, -0.05) is 65.8 Å². The second kappa shape index (κ2) is 8.79. The van der Waals surface area contributed by atoms with Crippen molar-refractivity contribution < 1.29 is 14.4 Å². The van der Waals surface area contributed by atoms with E-state index in [0.29, 0.717) is 32.4 Å². The van der Waals surface area contributed by atoms with Crippen molar-refractivity contribution in [2.24, 2.45) is 0 Å². The Balaban J connectivity index is 1.80. The highest BCUT2D eigenvalue weighted by molar-refractivity contribution is 8.04. The molecule has 0 spiro atoms. The minimum Gasteiger partial charge on any atom is -0.326 e. The van der Waals surface area contributed by atoms with Crippen LogP contribution in [0.2, 0.25) is 5.02 Å². The number of hydrogen-bond acceptors (Lipinski definition) is 4. The first-order valence-electron chi connectivity index (χ1n) is 9.44. The van der Waals surface area contributed by atoms with Crippen LogP contribution in [0.5, 0.6) is 0 Å². The van der Waals surface area contributed by atoms with E-state index in [1.807, 2.05) is 30.3 Å². The Labute approximate surface area is 188 Å². The highest BCUT2D eigenvalue weighted by atomic mass is 35.5. The van der Waals surface area contributed by atoms with Gasteiger partial charge >= 0.3 is 0 Å². The average Bonchev–Trinajstić information content (AvgIpc) is 2.99. The molecule has 0 saturated heterocycles. The highest BCUT2D eigenvalue weighted by Gasteiger charge is 2.41. The fourth-order valence-corrected chi connectivity index (χ4v) is 4.48. The zero-order valence-electron chi connectivity index (χ0n) is 16.5. The van der Waals surface area contributed by atoms with E-state index in [2.05, 4.69) is 5.32 Å². The largest absolute Gasteiger partial charge is 0.326 e. The summed E-state index contributed by atoms with van der Waals surface area (Å²) in [6, 6.07) is 23.0. The van der Waals surface area contributed by atoms with Gasteiger partial charge in [-0.05, 0) is 42.0 Å². The van der Waals surface area contributed by atoms with Crippen molar-refractivity contribution >= 4 is 58.0 Å². The van der Waals surface area contributed by atoms with Crippen molar-refractivity contribution in [3.05, 3.63) is 94.4 Å². The van der Waals surface area contributed by atoms with E-state index in [4.69, 9.17) is 11.6 Å². The summed E-state index contributed by atoms with van der Waals surface area (Å²) in [5.41, 5.74) is 1.83. The zero-order valence-corrected chi connectivity index (χ0v) is 18.0. The number of rotatable bonds is 5. The van der Waals surface area contributed by atoms with Gasteiger partial charge in [-0.2, -0.15) is 0 Å². The summed E-state index contributed by atoms with van der Waals surface area (Å²) in [6.07, 6.45) is 0. The molecule has 1 heterocycles. The van der Waals surface area contributed by atoms with Crippen molar-refractivity contribution in [3.8, 4) is 0 Å². The van der Waals surface area contributed by atoms with Crippen LogP contribution >= 0.6 is 23.4 Å². The fraction of sp³-hybridized carbons (Fsp3) is 0.0417. The number of imide groups is 1. The fourth-order valence-electron chi connectivity index (χ4n) is 3.24. The van der Waals surface area contributed by atoms with Gasteiger partial charge in [0.25, 0.3) is 11.8 Å². The second-order valence-electron chi connectivity index (χ2n) is 6.77. The minimum atomic E-state index is -0.441. The molecule has 3 amide bonds. The van der Waals surface area contributed by atoms with Crippen molar-refractivity contribution in [3.63, 3.8) is 0 Å². The van der Waals surface area contributed by atoms with Crippen LogP contribution in [-0.4, -0.2) is 17.7 Å². The van der Waals surface area contributed by atoms with Crippen LogP contribution in [0.1, 0.15) is 12.5 Å². The molecule has 1 aliphatic rings.